The topological polar surface area (TPSA) is 110 Å². The van der Waals surface area contributed by atoms with Crippen molar-refractivity contribution in [2.45, 2.75) is 18.4 Å². The molecule has 1 aromatic carbocycles. The van der Waals surface area contributed by atoms with E-state index >= 15 is 0 Å². The maximum atomic E-state index is 12.8. The molecular formula is C15H17N3O6S. The average Bonchev–Trinajstić information content (AvgIpc) is 2.61. The molecule has 3 rings (SSSR count). The van der Waals surface area contributed by atoms with E-state index in [2.05, 4.69) is 4.42 Å². The van der Waals surface area contributed by atoms with Gasteiger partial charge in [0, 0.05) is 32.7 Å². The van der Waals surface area contributed by atoms with Crippen molar-refractivity contribution < 1.29 is 17.6 Å². The second-order valence-corrected chi connectivity index (χ2v) is 7.56. The van der Waals surface area contributed by atoms with E-state index in [1.165, 1.54) is 32.0 Å². The van der Waals surface area contributed by atoms with Crippen molar-refractivity contribution in [2.75, 3.05) is 26.2 Å². The van der Waals surface area contributed by atoms with Crippen molar-refractivity contribution in [2.24, 2.45) is 0 Å². The summed E-state index contributed by atoms with van der Waals surface area (Å²) < 4.78 is 32.7. The molecule has 2 heterocycles. The predicted molar refractivity (Wildman–Crippen MR) is 88.8 cm³/mol. The van der Waals surface area contributed by atoms with Crippen LogP contribution in [0.1, 0.15) is 6.92 Å². The summed E-state index contributed by atoms with van der Waals surface area (Å²) in [6, 6.07) is 4.04. The highest BCUT2D eigenvalue weighted by Crippen LogP contribution is 2.20. The summed E-state index contributed by atoms with van der Waals surface area (Å²) in [6.07, 6.45) is 0.690. The second kappa shape index (κ2) is 6.45. The van der Waals surface area contributed by atoms with Crippen molar-refractivity contribution in [1.82, 2.24) is 13.8 Å². The van der Waals surface area contributed by atoms with Crippen LogP contribution in [0.25, 0.3) is 10.9 Å². The molecule has 0 saturated carbocycles. The minimum absolute atomic E-state index is 0.0362. The van der Waals surface area contributed by atoms with Crippen LogP contribution in [0.2, 0.25) is 0 Å². The lowest BCUT2D eigenvalue weighted by Gasteiger charge is -2.31. The number of rotatable bonds is 4. The lowest BCUT2D eigenvalue weighted by Crippen LogP contribution is -2.47. The fourth-order valence-electron chi connectivity index (χ4n) is 2.86. The van der Waals surface area contributed by atoms with E-state index in [9.17, 15) is 22.8 Å². The standard InChI is InChI=1S/C15H17N3O6S/c1-2-18-13-4-3-11(9-12(13)14(20)24-15(18)21)25(22,23)17-7-5-16(10-19)6-8-17/h3-4,9-10H,2,5-8H2,1H3. The summed E-state index contributed by atoms with van der Waals surface area (Å²) in [5.74, 6) is -0.777. The highest BCUT2D eigenvalue weighted by Gasteiger charge is 2.28. The average molecular weight is 367 g/mol. The van der Waals surface area contributed by atoms with Crippen LogP contribution in [0, 0.1) is 0 Å². The van der Waals surface area contributed by atoms with E-state index in [0.29, 0.717) is 31.6 Å². The zero-order valence-corrected chi connectivity index (χ0v) is 14.4. The number of amides is 1. The van der Waals surface area contributed by atoms with Gasteiger partial charge in [0.1, 0.15) is 0 Å². The lowest BCUT2D eigenvalue weighted by atomic mass is 10.2. The third kappa shape index (κ3) is 2.98. The molecule has 2 aromatic rings. The molecule has 1 fully saturated rings. The molecule has 1 saturated heterocycles. The minimum atomic E-state index is -3.81. The number of aromatic nitrogens is 1. The van der Waals surface area contributed by atoms with Crippen molar-refractivity contribution >= 4 is 27.3 Å². The zero-order valence-electron chi connectivity index (χ0n) is 13.5. The van der Waals surface area contributed by atoms with E-state index in [0.717, 1.165) is 0 Å². The first-order chi connectivity index (χ1) is 11.9. The normalized spacial score (nSPS) is 16.3. The summed E-state index contributed by atoms with van der Waals surface area (Å²) >= 11 is 0. The van der Waals surface area contributed by atoms with E-state index in [4.69, 9.17) is 0 Å². The Bertz CT molecular complexity index is 1030. The number of aryl methyl sites for hydroxylation is 1. The van der Waals surface area contributed by atoms with Gasteiger partial charge in [0.2, 0.25) is 16.4 Å². The molecule has 1 amide bonds. The molecular weight excluding hydrogens is 350 g/mol. The van der Waals surface area contributed by atoms with Crippen LogP contribution in [0.5, 0.6) is 0 Å². The molecule has 25 heavy (non-hydrogen) atoms. The Morgan fingerprint density at radius 1 is 1.16 bits per heavy atom. The molecule has 0 aliphatic carbocycles. The smallest absolute Gasteiger partial charge is 0.372 e. The van der Waals surface area contributed by atoms with Crippen molar-refractivity contribution in [3.63, 3.8) is 0 Å². The summed E-state index contributed by atoms with van der Waals surface area (Å²) in [5.41, 5.74) is -0.541. The Hall–Kier alpha value is -2.46. The first-order valence-electron chi connectivity index (χ1n) is 7.75. The molecule has 10 heteroatoms. The molecule has 1 aliphatic heterocycles. The van der Waals surface area contributed by atoms with Gasteiger partial charge in [0.15, 0.2) is 0 Å². The van der Waals surface area contributed by atoms with Crippen LogP contribution >= 0.6 is 0 Å². The number of carbonyl (C=O) groups excluding carboxylic acids is 1. The van der Waals surface area contributed by atoms with Gasteiger partial charge in [-0.2, -0.15) is 4.31 Å². The molecule has 1 aliphatic rings. The van der Waals surface area contributed by atoms with Gasteiger partial charge in [-0.15, -0.1) is 0 Å². The first kappa shape index (κ1) is 17.4. The number of sulfonamides is 1. The van der Waals surface area contributed by atoms with Gasteiger partial charge >= 0.3 is 11.4 Å². The van der Waals surface area contributed by atoms with Crippen LogP contribution in [0.4, 0.5) is 0 Å². The molecule has 0 spiro atoms. The third-order valence-electron chi connectivity index (χ3n) is 4.26. The van der Waals surface area contributed by atoms with E-state index < -0.39 is 21.4 Å². The van der Waals surface area contributed by atoms with Crippen LogP contribution < -0.4 is 11.4 Å². The Morgan fingerprint density at radius 3 is 2.44 bits per heavy atom. The number of piperazine rings is 1. The third-order valence-corrected chi connectivity index (χ3v) is 6.15. The fraction of sp³-hybridized carbons (Fsp3) is 0.400. The number of benzene rings is 1. The molecule has 0 unspecified atom stereocenters. The van der Waals surface area contributed by atoms with Crippen LogP contribution in [0.3, 0.4) is 0 Å². The highest BCUT2D eigenvalue weighted by atomic mass is 32.2. The van der Waals surface area contributed by atoms with Crippen molar-refractivity contribution in [1.29, 1.82) is 0 Å². The second-order valence-electron chi connectivity index (χ2n) is 5.62. The number of carbonyl (C=O) groups is 1. The Kier molecular flexibility index (Phi) is 4.48. The minimum Gasteiger partial charge on any atom is -0.372 e. The highest BCUT2D eigenvalue weighted by molar-refractivity contribution is 7.89. The molecule has 0 N–H and O–H groups in total. The number of nitrogens with zero attached hydrogens (tertiary/aromatic N) is 3. The maximum Gasteiger partial charge on any atom is 0.422 e. The van der Waals surface area contributed by atoms with Crippen LogP contribution in [-0.4, -0.2) is 54.8 Å². The molecule has 1 aromatic heterocycles. The zero-order chi connectivity index (χ0) is 18.2. The molecule has 0 radical (unpaired) electrons. The van der Waals surface area contributed by atoms with Gasteiger partial charge in [-0.25, -0.2) is 18.0 Å². The van der Waals surface area contributed by atoms with Gasteiger partial charge in [0.25, 0.3) is 0 Å². The number of hydrogen-bond donors (Lipinski definition) is 0. The van der Waals surface area contributed by atoms with E-state index in [-0.39, 0.29) is 23.4 Å². The Balaban J connectivity index is 2.06. The van der Waals surface area contributed by atoms with E-state index in [1.807, 2.05) is 0 Å². The summed E-state index contributed by atoms with van der Waals surface area (Å²) in [5, 5.41) is 0.0362. The SMILES string of the molecule is CCn1c(=O)oc(=O)c2cc(S(=O)(=O)N3CCN(C=O)CC3)ccc21. The van der Waals surface area contributed by atoms with E-state index in [1.54, 1.807) is 6.92 Å². The summed E-state index contributed by atoms with van der Waals surface area (Å²) in [6.45, 7) is 3.00. The molecule has 134 valence electrons. The van der Waals surface area contributed by atoms with Crippen LogP contribution in [0.15, 0.2) is 37.1 Å². The van der Waals surface area contributed by atoms with Crippen LogP contribution in [-0.2, 0) is 21.4 Å². The van der Waals surface area contributed by atoms with Gasteiger partial charge in [0.05, 0.1) is 15.8 Å². The Morgan fingerprint density at radius 2 is 1.84 bits per heavy atom. The van der Waals surface area contributed by atoms with Crippen molar-refractivity contribution in [3.05, 3.63) is 39.2 Å². The molecule has 0 atom stereocenters. The summed E-state index contributed by atoms with van der Waals surface area (Å²) in [4.78, 5) is 35.9. The Labute approximate surface area is 143 Å². The monoisotopic (exact) mass is 367 g/mol. The largest absolute Gasteiger partial charge is 0.422 e. The van der Waals surface area contributed by atoms with Gasteiger partial charge in [-0.1, -0.05) is 0 Å². The predicted octanol–water partition coefficient (Wildman–Crippen LogP) is -0.563. The maximum absolute atomic E-state index is 12.8. The fourth-order valence-corrected chi connectivity index (χ4v) is 4.31. The van der Waals surface area contributed by atoms with Gasteiger partial charge in [-0.05, 0) is 25.1 Å². The van der Waals surface area contributed by atoms with Gasteiger partial charge in [-0.3, -0.25) is 9.36 Å². The lowest BCUT2D eigenvalue weighted by molar-refractivity contribution is -0.119. The van der Waals surface area contributed by atoms with Crippen molar-refractivity contribution in [3.8, 4) is 0 Å². The number of hydrogen-bond acceptors (Lipinski definition) is 6. The van der Waals surface area contributed by atoms with Gasteiger partial charge < -0.3 is 9.32 Å². The quantitative estimate of drug-likeness (QED) is 0.670. The summed E-state index contributed by atoms with van der Waals surface area (Å²) in [7, 11) is -3.81. The molecule has 0 bridgehead atoms. The first-order valence-corrected chi connectivity index (χ1v) is 9.19. The number of fused-ring (bicyclic) bond motifs is 1. The molecule has 9 nitrogen and oxygen atoms in total.